The average Bonchev–Trinajstić information content (AvgIpc) is 2.29. The van der Waals surface area contributed by atoms with Crippen molar-refractivity contribution in [1.82, 2.24) is 0 Å². The molecule has 0 amide bonds. The zero-order valence-corrected chi connectivity index (χ0v) is 10.8. The normalized spacial score (nSPS) is 26.2. The van der Waals surface area contributed by atoms with Gasteiger partial charge in [0, 0.05) is 0 Å². The fraction of sp³-hybridized carbons (Fsp3) is 0.917. The molecule has 0 aromatic heterocycles. The lowest BCUT2D eigenvalue weighted by Crippen LogP contribution is -2.33. The topological polar surface area (TPSA) is 57.9 Å². The summed E-state index contributed by atoms with van der Waals surface area (Å²) in [7, 11) is -3.04. The van der Waals surface area contributed by atoms with Gasteiger partial charge in [0.2, 0.25) is 0 Å². The Hall–Kier alpha value is -0.560. The molecule has 0 radical (unpaired) electrons. The first kappa shape index (κ1) is 13.5. The van der Waals surface area contributed by atoms with Crippen LogP contribution in [0.25, 0.3) is 0 Å². The molecule has 0 aromatic carbocycles. The van der Waals surface area contributed by atoms with Gasteiger partial charge in [0.15, 0.2) is 9.84 Å². The van der Waals surface area contributed by atoms with Crippen LogP contribution in [0.3, 0.4) is 0 Å². The number of rotatable bonds is 5. The van der Waals surface area contributed by atoms with Gasteiger partial charge in [-0.15, -0.1) is 0 Å². The summed E-state index contributed by atoms with van der Waals surface area (Å²) in [4.78, 5) is 0. The summed E-state index contributed by atoms with van der Waals surface area (Å²) >= 11 is 0. The monoisotopic (exact) mass is 243 g/mol. The number of hydrogen-bond acceptors (Lipinski definition) is 3. The maximum atomic E-state index is 12.1. The summed E-state index contributed by atoms with van der Waals surface area (Å²) < 4.78 is 24.2. The first-order valence-corrected chi connectivity index (χ1v) is 7.94. The fourth-order valence-corrected chi connectivity index (χ4v) is 4.51. The third-order valence-electron chi connectivity index (χ3n) is 3.36. The Morgan fingerprint density at radius 2 is 1.94 bits per heavy atom. The van der Waals surface area contributed by atoms with E-state index in [0.717, 1.165) is 38.5 Å². The predicted octanol–water partition coefficient (Wildman–Crippen LogP) is 2.67. The van der Waals surface area contributed by atoms with E-state index in [2.05, 4.69) is 13.0 Å². The number of sulfone groups is 1. The van der Waals surface area contributed by atoms with Crippen LogP contribution >= 0.6 is 0 Å². The Morgan fingerprint density at radius 3 is 2.56 bits per heavy atom. The van der Waals surface area contributed by atoms with E-state index < -0.39 is 9.84 Å². The number of nitrogens with zero attached hydrogens (tertiary/aromatic N) is 1. The SMILES string of the molecule is CCCCCS(=O)(=O)C1CCCCC1C#N. The van der Waals surface area contributed by atoms with E-state index in [0.29, 0.717) is 6.42 Å². The van der Waals surface area contributed by atoms with Crippen molar-refractivity contribution < 1.29 is 8.42 Å². The molecule has 1 aliphatic rings. The Kier molecular flexibility index (Phi) is 5.27. The molecule has 1 saturated carbocycles. The minimum atomic E-state index is -3.04. The third kappa shape index (κ3) is 3.48. The highest BCUT2D eigenvalue weighted by Gasteiger charge is 2.34. The van der Waals surface area contributed by atoms with Crippen LogP contribution in [0.15, 0.2) is 0 Å². The summed E-state index contributed by atoms with van der Waals surface area (Å²) in [5, 5.41) is 8.60. The molecule has 0 N–H and O–H groups in total. The van der Waals surface area contributed by atoms with Gasteiger partial charge in [-0.05, 0) is 19.3 Å². The summed E-state index contributed by atoms with van der Waals surface area (Å²) in [5.41, 5.74) is 0. The van der Waals surface area contributed by atoms with Crippen molar-refractivity contribution in [2.24, 2.45) is 5.92 Å². The van der Waals surface area contributed by atoms with Crippen LogP contribution < -0.4 is 0 Å². The van der Waals surface area contributed by atoms with Gasteiger partial charge in [-0.2, -0.15) is 5.26 Å². The van der Waals surface area contributed by atoms with E-state index >= 15 is 0 Å². The molecule has 4 heteroatoms. The Labute approximate surface area is 98.8 Å². The van der Waals surface area contributed by atoms with Gasteiger partial charge in [0.05, 0.1) is 23.0 Å². The van der Waals surface area contributed by atoms with E-state index in [9.17, 15) is 8.42 Å². The molecule has 0 spiro atoms. The third-order valence-corrected chi connectivity index (χ3v) is 5.71. The highest BCUT2D eigenvalue weighted by molar-refractivity contribution is 7.92. The van der Waals surface area contributed by atoms with Crippen LogP contribution in [0.5, 0.6) is 0 Å². The summed E-state index contributed by atoms with van der Waals surface area (Å²) in [6.07, 6.45) is 6.13. The van der Waals surface area contributed by atoms with Crippen LogP contribution in [-0.4, -0.2) is 19.4 Å². The first-order valence-electron chi connectivity index (χ1n) is 6.23. The zero-order chi connectivity index (χ0) is 12.0. The summed E-state index contributed by atoms with van der Waals surface area (Å²) in [6, 6.07) is 2.17. The predicted molar refractivity (Wildman–Crippen MR) is 64.7 cm³/mol. The highest BCUT2D eigenvalue weighted by Crippen LogP contribution is 2.30. The van der Waals surface area contributed by atoms with Crippen molar-refractivity contribution in [3.8, 4) is 6.07 Å². The van der Waals surface area contributed by atoms with Crippen molar-refractivity contribution in [3.63, 3.8) is 0 Å². The zero-order valence-electron chi connectivity index (χ0n) is 9.98. The average molecular weight is 243 g/mol. The van der Waals surface area contributed by atoms with Crippen molar-refractivity contribution in [1.29, 1.82) is 5.26 Å². The number of nitriles is 1. The lowest BCUT2D eigenvalue weighted by atomic mass is 9.90. The second-order valence-corrected chi connectivity index (χ2v) is 6.97. The van der Waals surface area contributed by atoms with Gasteiger partial charge in [0.25, 0.3) is 0 Å². The molecule has 0 aromatic rings. The number of hydrogen-bond donors (Lipinski definition) is 0. The quantitative estimate of drug-likeness (QED) is 0.697. The smallest absolute Gasteiger partial charge is 0.154 e. The maximum absolute atomic E-state index is 12.1. The molecule has 1 aliphatic carbocycles. The van der Waals surface area contributed by atoms with Gasteiger partial charge in [0.1, 0.15) is 0 Å². The lowest BCUT2D eigenvalue weighted by Gasteiger charge is -2.26. The number of unbranched alkanes of at least 4 members (excludes halogenated alkanes) is 2. The van der Waals surface area contributed by atoms with E-state index in [1.807, 2.05) is 0 Å². The highest BCUT2D eigenvalue weighted by atomic mass is 32.2. The van der Waals surface area contributed by atoms with Gasteiger partial charge < -0.3 is 0 Å². The summed E-state index contributed by atoms with van der Waals surface area (Å²) in [6.45, 7) is 2.06. The largest absolute Gasteiger partial charge is 0.229 e. The second kappa shape index (κ2) is 6.24. The Morgan fingerprint density at radius 1 is 1.25 bits per heavy atom. The summed E-state index contributed by atoms with van der Waals surface area (Å²) in [5.74, 6) is 0.00401. The molecular formula is C12H21NO2S. The maximum Gasteiger partial charge on any atom is 0.154 e. The van der Waals surface area contributed by atoms with E-state index in [1.54, 1.807) is 0 Å². The molecule has 3 nitrogen and oxygen atoms in total. The van der Waals surface area contributed by atoms with Gasteiger partial charge >= 0.3 is 0 Å². The lowest BCUT2D eigenvalue weighted by molar-refractivity contribution is 0.418. The molecule has 1 rings (SSSR count). The van der Waals surface area contributed by atoms with Crippen LogP contribution in [0.1, 0.15) is 51.9 Å². The molecule has 0 bridgehead atoms. The Bertz CT molecular complexity index is 343. The fourth-order valence-electron chi connectivity index (χ4n) is 2.38. The van der Waals surface area contributed by atoms with Crippen LogP contribution in [0, 0.1) is 17.2 Å². The molecule has 2 unspecified atom stereocenters. The van der Waals surface area contributed by atoms with Crippen molar-refractivity contribution in [2.45, 2.75) is 57.1 Å². The standard InChI is InChI=1S/C12H21NO2S/c1-2-3-6-9-16(14,15)12-8-5-4-7-11(12)10-13/h11-12H,2-9H2,1H3. The molecule has 0 aliphatic heterocycles. The van der Waals surface area contributed by atoms with E-state index in [-0.39, 0.29) is 16.9 Å². The van der Waals surface area contributed by atoms with Gasteiger partial charge in [-0.3, -0.25) is 0 Å². The second-order valence-electron chi connectivity index (χ2n) is 4.63. The van der Waals surface area contributed by atoms with E-state index in [1.165, 1.54) is 0 Å². The van der Waals surface area contributed by atoms with E-state index in [4.69, 9.17) is 5.26 Å². The van der Waals surface area contributed by atoms with Gasteiger partial charge in [-0.25, -0.2) is 8.42 Å². The molecule has 1 fully saturated rings. The molecule has 0 saturated heterocycles. The minimum Gasteiger partial charge on any atom is -0.229 e. The van der Waals surface area contributed by atoms with Crippen LogP contribution in [0.4, 0.5) is 0 Å². The minimum absolute atomic E-state index is 0.264. The van der Waals surface area contributed by atoms with Crippen LogP contribution in [0.2, 0.25) is 0 Å². The van der Waals surface area contributed by atoms with Gasteiger partial charge in [-0.1, -0.05) is 32.6 Å². The molecule has 0 heterocycles. The molecular weight excluding hydrogens is 222 g/mol. The molecule has 16 heavy (non-hydrogen) atoms. The molecule has 92 valence electrons. The van der Waals surface area contributed by atoms with Crippen molar-refractivity contribution >= 4 is 9.84 Å². The van der Waals surface area contributed by atoms with Crippen LogP contribution in [-0.2, 0) is 9.84 Å². The first-order chi connectivity index (χ1) is 7.61. The molecule has 2 atom stereocenters. The van der Waals surface area contributed by atoms with Crippen molar-refractivity contribution in [2.75, 3.05) is 5.75 Å². The van der Waals surface area contributed by atoms with Crippen molar-refractivity contribution in [3.05, 3.63) is 0 Å². The Balaban J connectivity index is 2.62.